The van der Waals surface area contributed by atoms with Gasteiger partial charge in [0.05, 0.1) is 18.0 Å². The van der Waals surface area contributed by atoms with Gasteiger partial charge in [-0.05, 0) is 24.6 Å². The molecule has 8 heteroatoms. The Hall–Kier alpha value is -1.12. The van der Waals surface area contributed by atoms with Crippen molar-refractivity contribution >= 4 is 10.0 Å². The summed E-state index contributed by atoms with van der Waals surface area (Å²) in [5, 5.41) is 8.95. The molecule has 0 fully saturated rings. The third-order valence-corrected chi connectivity index (χ3v) is 4.38. The monoisotopic (exact) mass is 297 g/mol. The number of hydrogen-bond donors (Lipinski definition) is 1. The molecule has 0 bridgehead atoms. The van der Waals surface area contributed by atoms with Gasteiger partial charge in [0.25, 0.3) is 6.43 Å². The molecule has 4 nitrogen and oxygen atoms in total. The summed E-state index contributed by atoms with van der Waals surface area (Å²) >= 11 is 0. The Morgan fingerprint density at radius 1 is 1.37 bits per heavy atom. The molecule has 1 aromatic carbocycles. The van der Waals surface area contributed by atoms with E-state index in [1.54, 1.807) is 0 Å². The molecule has 0 amide bonds. The first-order valence-corrected chi connectivity index (χ1v) is 6.78. The molecule has 0 heterocycles. The largest absolute Gasteiger partial charge is 0.392 e. The van der Waals surface area contributed by atoms with E-state index < -0.39 is 35.4 Å². The van der Waals surface area contributed by atoms with Gasteiger partial charge < -0.3 is 5.11 Å². The molecular formula is C11H14F3NO3S. The van der Waals surface area contributed by atoms with Gasteiger partial charge in [0.2, 0.25) is 10.0 Å². The maximum absolute atomic E-state index is 13.5. The van der Waals surface area contributed by atoms with Crippen LogP contribution >= 0.6 is 0 Å². The zero-order valence-electron chi connectivity index (χ0n) is 10.4. The van der Waals surface area contributed by atoms with Gasteiger partial charge in [0, 0.05) is 12.6 Å². The van der Waals surface area contributed by atoms with Crippen molar-refractivity contribution in [3.05, 3.63) is 29.1 Å². The predicted octanol–water partition coefficient (Wildman–Crippen LogP) is 1.51. The number of aryl methyl sites for hydroxylation is 1. The molecule has 0 spiro atoms. The summed E-state index contributed by atoms with van der Waals surface area (Å²) in [6, 6.07) is 1.99. The predicted molar refractivity (Wildman–Crippen MR) is 62.9 cm³/mol. The van der Waals surface area contributed by atoms with Gasteiger partial charge in [-0.2, -0.15) is 4.31 Å². The molecule has 19 heavy (non-hydrogen) atoms. The fourth-order valence-corrected chi connectivity index (χ4v) is 2.83. The van der Waals surface area contributed by atoms with Crippen LogP contribution in [0.1, 0.15) is 11.1 Å². The maximum Gasteiger partial charge on any atom is 0.252 e. The van der Waals surface area contributed by atoms with E-state index in [0.29, 0.717) is 4.31 Å². The molecule has 1 aromatic rings. The van der Waals surface area contributed by atoms with Crippen LogP contribution in [0.5, 0.6) is 0 Å². The van der Waals surface area contributed by atoms with Crippen LogP contribution in [-0.4, -0.2) is 37.8 Å². The summed E-state index contributed by atoms with van der Waals surface area (Å²) in [7, 11) is -3.12. The molecule has 108 valence electrons. The molecule has 0 radical (unpaired) electrons. The first-order valence-electron chi connectivity index (χ1n) is 5.34. The van der Waals surface area contributed by atoms with Crippen LogP contribution in [0.15, 0.2) is 17.0 Å². The Bertz CT molecular complexity index is 561. The van der Waals surface area contributed by atoms with Gasteiger partial charge in [0.15, 0.2) is 0 Å². The topological polar surface area (TPSA) is 57.6 Å². The number of alkyl halides is 2. The van der Waals surface area contributed by atoms with Crippen LogP contribution in [0.2, 0.25) is 0 Å². The van der Waals surface area contributed by atoms with E-state index in [0.717, 1.165) is 19.2 Å². The van der Waals surface area contributed by atoms with Crippen molar-refractivity contribution in [2.45, 2.75) is 24.9 Å². The Morgan fingerprint density at radius 3 is 2.42 bits per heavy atom. The van der Waals surface area contributed by atoms with Crippen molar-refractivity contribution in [3.8, 4) is 0 Å². The first-order chi connectivity index (χ1) is 8.70. The van der Waals surface area contributed by atoms with Crippen molar-refractivity contribution < 1.29 is 26.7 Å². The number of sulfonamides is 1. The summed E-state index contributed by atoms with van der Waals surface area (Å²) in [6.45, 7) is -0.289. The molecule has 0 aliphatic rings. The van der Waals surface area contributed by atoms with Crippen LogP contribution in [0, 0.1) is 12.7 Å². The lowest BCUT2D eigenvalue weighted by Crippen LogP contribution is -2.31. The van der Waals surface area contributed by atoms with Crippen molar-refractivity contribution in [2.75, 3.05) is 13.6 Å². The zero-order valence-corrected chi connectivity index (χ0v) is 11.2. The average molecular weight is 297 g/mol. The van der Waals surface area contributed by atoms with Gasteiger partial charge >= 0.3 is 0 Å². The lowest BCUT2D eigenvalue weighted by molar-refractivity contribution is 0.126. The van der Waals surface area contributed by atoms with E-state index in [4.69, 9.17) is 5.11 Å². The fraction of sp³-hybridized carbons (Fsp3) is 0.455. The highest BCUT2D eigenvalue weighted by molar-refractivity contribution is 7.89. The third-order valence-electron chi connectivity index (χ3n) is 2.58. The van der Waals surface area contributed by atoms with Crippen LogP contribution in [0.4, 0.5) is 13.2 Å². The van der Waals surface area contributed by atoms with Crippen LogP contribution in [0.3, 0.4) is 0 Å². The van der Waals surface area contributed by atoms with Crippen molar-refractivity contribution in [2.24, 2.45) is 0 Å². The summed E-state index contributed by atoms with van der Waals surface area (Å²) < 4.78 is 62.4. The van der Waals surface area contributed by atoms with E-state index in [2.05, 4.69) is 0 Å². The second-order valence-corrected chi connectivity index (χ2v) is 6.09. The van der Waals surface area contributed by atoms with Crippen LogP contribution in [0.25, 0.3) is 0 Å². The molecular weight excluding hydrogens is 283 g/mol. The summed E-state index contributed by atoms with van der Waals surface area (Å²) in [4.78, 5) is -0.321. The van der Waals surface area contributed by atoms with Gasteiger partial charge in [-0.1, -0.05) is 0 Å². The normalized spacial score (nSPS) is 12.4. The van der Waals surface area contributed by atoms with Gasteiger partial charge in [-0.3, -0.25) is 0 Å². The standard InChI is InChI=1S/C11H14F3NO3S/c1-7-3-9(4-8(6-16)11(7)14)19(17,18)15(2)5-10(12)13/h3-4,10,16H,5-6H2,1-2H3. The van der Waals surface area contributed by atoms with E-state index in [1.807, 2.05) is 0 Å². The number of rotatable bonds is 5. The van der Waals surface area contributed by atoms with Crippen molar-refractivity contribution in [1.82, 2.24) is 4.31 Å². The number of benzene rings is 1. The number of nitrogens with zero attached hydrogens (tertiary/aromatic N) is 1. The highest BCUT2D eigenvalue weighted by Crippen LogP contribution is 2.22. The smallest absolute Gasteiger partial charge is 0.252 e. The molecule has 0 saturated carbocycles. The summed E-state index contributed by atoms with van der Waals surface area (Å²) in [6.07, 6.45) is -2.81. The number of hydrogen-bond acceptors (Lipinski definition) is 3. The van der Waals surface area contributed by atoms with Crippen LogP contribution < -0.4 is 0 Å². The summed E-state index contributed by atoms with van der Waals surface area (Å²) in [5.41, 5.74) is -0.167. The Labute approximate surface area is 109 Å². The molecule has 0 aromatic heterocycles. The Kier molecular flexibility index (Phi) is 4.94. The quantitative estimate of drug-likeness (QED) is 0.896. The van der Waals surface area contributed by atoms with Crippen molar-refractivity contribution in [1.29, 1.82) is 0 Å². The number of aliphatic hydroxyl groups is 1. The first kappa shape index (κ1) is 15.9. The molecule has 0 aliphatic heterocycles. The SMILES string of the molecule is Cc1cc(S(=O)(=O)N(C)CC(F)F)cc(CO)c1F. The minimum atomic E-state index is -4.13. The zero-order chi connectivity index (χ0) is 14.8. The minimum absolute atomic E-state index is 0.0237. The highest BCUT2D eigenvalue weighted by atomic mass is 32.2. The van der Waals surface area contributed by atoms with E-state index >= 15 is 0 Å². The van der Waals surface area contributed by atoms with Gasteiger partial charge in [0.1, 0.15) is 5.82 Å². The molecule has 0 unspecified atom stereocenters. The van der Waals surface area contributed by atoms with E-state index in [9.17, 15) is 21.6 Å². The van der Waals surface area contributed by atoms with Crippen molar-refractivity contribution in [3.63, 3.8) is 0 Å². The second kappa shape index (κ2) is 5.89. The third kappa shape index (κ3) is 3.46. The Balaban J connectivity index is 3.26. The lowest BCUT2D eigenvalue weighted by Gasteiger charge is -2.17. The fourth-order valence-electron chi connectivity index (χ4n) is 1.54. The number of halogens is 3. The van der Waals surface area contributed by atoms with E-state index in [-0.39, 0.29) is 16.0 Å². The van der Waals surface area contributed by atoms with E-state index in [1.165, 1.54) is 6.92 Å². The molecule has 1 N–H and O–H groups in total. The average Bonchev–Trinajstić information content (AvgIpc) is 2.31. The molecule has 0 aliphatic carbocycles. The van der Waals surface area contributed by atoms with Gasteiger partial charge in [-0.15, -0.1) is 0 Å². The number of aliphatic hydroxyl groups excluding tert-OH is 1. The maximum atomic E-state index is 13.5. The molecule has 0 saturated heterocycles. The Morgan fingerprint density at radius 2 is 1.95 bits per heavy atom. The van der Waals surface area contributed by atoms with Crippen LogP contribution in [-0.2, 0) is 16.6 Å². The highest BCUT2D eigenvalue weighted by Gasteiger charge is 2.25. The molecule has 0 atom stereocenters. The minimum Gasteiger partial charge on any atom is -0.392 e. The van der Waals surface area contributed by atoms with Gasteiger partial charge in [-0.25, -0.2) is 21.6 Å². The second-order valence-electron chi connectivity index (χ2n) is 4.05. The summed E-state index contributed by atoms with van der Waals surface area (Å²) in [5.74, 6) is -0.710. The lowest BCUT2D eigenvalue weighted by atomic mass is 10.1. The molecule has 1 rings (SSSR count).